The quantitative estimate of drug-likeness (QED) is 0.260. The maximum absolute atomic E-state index is 13.2. The van der Waals surface area contributed by atoms with Gasteiger partial charge in [-0.25, -0.2) is 19.8 Å². The van der Waals surface area contributed by atoms with E-state index in [4.69, 9.17) is 19.7 Å². The van der Waals surface area contributed by atoms with Crippen molar-refractivity contribution in [1.82, 2.24) is 4.98 Å². The summed E-state index contributed by atoms with van der Waals surface area (Å²) in [6.45, 7) is 13.9. The molecule has 0 amide bonds. The Bertz CT molecular complexity index is 2090. The zero-order chi connectivity index (χ0) is 31.6. The van der Waals surface area contributed by atoms with Gasteiger partial charge in [0, 0.05) is 39.1 Å². The number of aliphatic carboxylic acids is 1. The van der Waals surface area contributed by atoms with Crippen molar-refractivity contribution < 1.29 is 24.5 Å². The van der Waals surface area contributed by atoms with Crippen molar-refractivity contribution in [2.75, 3.05) is 7.11 Å². The van der Waals surface area contributed by atoms with Crippen LogP contribution in [-0.4, -0.2) is 74.4 Å². The zero-order valence-electron chi connectivity index (χ0n) is 26.1. The molecule has 1 aliphatic carbocycles. The van der Waals surface area contributed by atoms with E-state index in [-0.39, 0.29) is 28.8 Å². The number of carbonyl (C=O) groups is 2. The molecule has 0 saturated heterocycles. The number of aliphatic imine (C=N–C) groups is 3. The summed E-state index contributed by atoms with van der Waals surface area (Å²) in [6, 6.07) is 0. The Hall–Kier alpha value is -4.54. The molecule has 0 saturated carbocycles. The number of ether oxygens (including phenoxy) is 1. The van der Waals surface area contributed by atoms with Crippen LogP contribution in [0, 0.1) is 12.8 Å². The van der Waals surface area contributed by atoms with E-state index < -0.39 is 17.9 Å². The van der Waals surface area contributed by atoms with Crippen LogP contribution in [0.25, 0.3) is 18.2 Å². The van der Waals surface area contributed by atoms with E-state index in [1.54, 1.807) is 6.08 Å². The van der Waals surface area contributed by atoms with Gasteiger partial charge in [-0.2, -0.15) is 0 Å². The van der Waals surface area contributed by atoms with Crippen LogP contribution >= 0.6 is 0 Å². The van der Waals surface area contributed by atoms with E-state index in [2.05, 4.69) is 25.4 Å². The molecule has 0 aromatic carbocycles. The van der Waals surface area contributed by atoms with Gasteiger partial charge in [0.05, 0.1) is 41.3 Å². The molecule has 0 fully saturated rings. The average Bonchev–Trinajstić information content (AvgIpc) is 3.72. The minimum absolute atomic E-state index is 0. The number of allylic oxidation sites excluding steroid dienone is 7. The predicted molar refractivity (Wildman–Crippen MR) is 177 cm³/mol. The van der Waals surface area contributed by atoms with Crippen molar-refractivity contribution in [3.63, 3.8) is 0 Å². The number of aliphatic hydroxyl groups is 1. The van der Waals surface area contributed by atoms with Gasteiger partial charge in [0.1, 0.15) is 11.7 Å². The Morgan fingerprint density at radius 3 is 2.36 bits per heavy atom. The first-order chi connectivity index (χ1) is 21.0. The largest absolute Gasteiger partial charge is 2.00 e. The third-order valence-electron chi connectivity index (χ3n) is 8.81. The molecule has 5 heterocycles. The van der Waals surface area contributed by atoms with Gasteiger partial charge in [-0.15, -0.1) is 0 Å². The van der Waals surface area contributed by atoms with Crippen molar-refractivity contribution >= 4 is 70.4 Å². The van der Waals surface area contributed by atoms with Gasteiger partial charge >= 0.3 is 35.0 Å². The Labute approximate surface area is 276 Å². The molecule has 1 aromatic rings. The number of nitrogens with one attached hydrogen (secondary N) is 1. The standard InChI is InChI=1S/C35H32N4O5.Mg/c1-8-19-15(3)22-12-24-17(5)21(10-11-28(40)41)32(38-24)30-31(35(43)44-7)34(42)29-18(6)25(39-33(29)30)14-27-20(9-2)16(4)23(37-27)13-26(19)36-22;/h8,10-14,31,36,42H,1,9H2,2-7H3,(H,40,41);/q;+2/b11-10+,22-12?,26-13?,27-14?,32-30?;. The number of hydrogen-bond donors (Lipinski definition) is 3. The molecule has 0 spiro atoms. The molecule has 1 unspecified atom stereocenters. The van der Waals surface area contributed by atoms with Gasteiger partial charge in [-0.1, -0.05) is 19.6 Å². The SMILES string of the molecule is C=Cc1c(C)c2[nH]c1=CC1=NC(=CC3=C(C)C4=C(O)C(C(=O)OC)C(=C5N=C(C=2)C(C)=C5/C=C/C(=O)O)C4=N3)C(CC)=C1C.[Mg+2]. The summed E-state index contributed by atoms with van der Waals surface area (Å²) in [5.41, 5.74) is 10.3. The number of rotatable bonds is 5. The van der Waals surface area contributed by atoms with Crippen LogP contribution in [0.2, 0.25) is 0 Å². The fourth-order valence-electron chi connectivity index (χ4n) is 6.42. The molecule has 8 bridgehead atoms. The average molecular weight is 613 g/mol. The van der Waals surface area contributed by atoms with Crippen LogP contribution in [-0.2, 0) is 14.3 Å². The fourth-order valence-corrected chi connectivity index (χ4v) is 6.42. The normalized spacial score (nSPS) is 20.3. The van der Waals surface area contributed by atoms with E-state index in [9.17, 15) is 19.8 Å². The number of H-pyrrole nitrogens is 1. The number of aromatic amines is 1. The number of carbonyl (C=O) groups excluding carboxylic acids is 1. The minimum Gasteiger partial charge on any atom is -0.510 e. The molecule has 9 nitrogen and oxygen atoms in total. The number of carboxylic acids is 1. The topological polar surface area (TPSA) is 137 Å². The number of aromatic nitrogens is 1. The van der Waals surface area contributed by atoms with Crippen molar-refractivity contribution in [2.45, 2.75) is 41.0 Å². The Morgan fingerprint density at radius 2 is 1.71 bits per heavy atom. The molecular formula is C35H32MgN4O5+2. The monoisotopic (exact) mass is 612 g/mol. The van der Waals surface area contributed by atoms with Gasteiger partial charge in [0.2, 0.25) is 0 Å². The molecule has 4 aliphatic heterocycles. The maximum Gasteiger partial charge on any atom is 2.00 e. The Morgan fingerprint density at radius 1 is 1.02 bits per heavy atom. The smallest absolute Gasteiger partial charge is 0.510 e. The predicted octanol–water partition coefficient (Wildman–Crippen LogP) is 4.23. The molecule has 222 valence electrons. The second-order valence-electron chi connectivity index (χ2n) is 11.1. The van der Waals surface area contributed by atoms with Crippen LogP contribution in [0.5, 0.6) is 0 Å². The van der Waals surface area contributed by atoms with Gasteiger partial charge in [-0.3, -0.25) is 4.79 Å². The van der Waals surface area contributed by atoms with Gasteiger partial charge in [0.25, 0.3) is 0 Å². The summed E-state index contributed by atoms with van der Waals surface area (Å²) >= 11 is 0. The van der Waals surface area contributed by atoms with Crippen LogP contribution in [0.15, 0.2) is 102 Å². The summed E-state index contributed by atoms with van der Waals surface area (Å²) in [4.78, 5) is 43.2. The fraction of sp³-hybridized carbons (Fsp3) is 0.229. The van der Waals surface area contributed by atoms with E-state index >= 15 is 0 Å². The molecule has 6 rings (SSSR count). The van der Waals surface area contributed by atoms with Crippen molar-refractivity contribution in [1.29, 1.82) is 0 Å². The number of esters is 1. The summed E-state index contributed by atoms with van der Waals surface area (Å²) in [7, 11) is 1.26. The van der Waals surface area contributed by atoms with Crippen molar-refractivity contribution in [3.05, 3.63) is 108 Å². The van der Waals surface area contributed by atoms with Crippen LogP contribution in [0.1, 0.15) is 45.2 Å². The zero-order valence-corrected chi connectivity index (χ0v) is 27.5. The molecule has 45 heavy (non-hydrogen) atoms. The van der Waals surface area contributed by atoms with Crippen LogP contribution < -0.4 is 10.7 Å². The third-order valence-corrected chi connectivity index (χ3v) is 8.81. The minimum atomic E-state index is -1.18. The summed E-state index contributed by atoms with van der Waals surface area (Å²) in [5.74, 6) is -3.16. The van der Waals surface area contributed by atoms with Crippen molar-refractivity contribution in [3.8, 4) is 0 Å². The number of hydrogen-bond acceptors (Lipinski definition) is 7. The van der Waals surface area contributed by atoms with E-state index in [0.717, 1.165) is 56.9 Å². The number of methoxy groups -OCH3 is 1. The van der Waals surface area contributed by atoms with Gasteiger partial charge in [0.15, 0.2) is 0 Å². The van der Waals surface area contributed by atoms with Crippen LogP contribution in [0.3, 0.4) is 0 Å². The first-order valence-corrected chi connectivity index (χ1v) is 14.3. The molecular weight excluding hydrogens is 581 g/mol. The van der Waals surface area contributed by atoms with Gasteiger partial charge < -0.3 is 19.9 Å². The van der Waals surface area contributed by atoms with Gasteiger partial charge in [-0.05, 0) is 86.3 Å². The second-order valence-corrected chi connectivity index (χ2v) is 11.1. The number of carboxylic acid groups (broad SMARTS) is 1. The molecule has 1 atom stereocenters. The number of aliphatic hydroxyl groups excluding tert-OH is 1. The first kappa shape index (κ1) is 31.9. The molecule has 3 N–H and O–H groups in total. The summed E-state index contributed by atoms with van der Waals surface area (Å²) in [5, 5.41) is 22.7. The Balaban J connectivity index is 0.00000400. The van der Waals surface area contributed by atoms with E-state index in [1.165, 1.54) is 13.2 Å². The molecule has 1 aromatic heterocycles. The van der Waals surface area contributed by atoms with E-state index in [0.29, 0.717) is 50.7 Å². The van der Waals surface area contributed by atoms with Crippen LogP contribution in [0.4, 0.5) is 0 Å². The Kier molecular flexibility index (Phi) is 8.32. The van der Waals surface area contributed by atoms with E-state index in [1.807, 2.05) is 39.0 Å². The van der Waals surface area contributed by atoms with Crippen molar-refractivity contribution in [2.24, 2.45) is 20.9 Å². The second kappa shape index (κ2) is 11.8. The summed E-state index contributed by atoms with van der Waals surface area (Å²) in [6.07, 6.45) is 10.9. The first-order valence-electron chi connectivity index (χ1n) is 14.3. The molecule has 5 aliphatic rings. The summed E-state index contributed by atoms with van der Waals surface area (Å²) < 4.78 is 5.12. The maximum atomic E-state index is 13.2. The third kappa shape index (κ3) is 4.88. The number of nitrogens with zero attached hydrogens (tertiary/aromatic N) is 3. The molecule has 0 radical (unpaired) electrons. The molecule has 10 heteroatoms. The number of fused-ring (bicyclic) bond motifs is 5.